The Morgan fingerprint density at radius 2 is 1.86 bits per heavy atom. The molecule has 0 aliphatic carbocycles. The van der Waals surface area contributed by atoms with E-state index in [-0.39, 0.29) is 5.91 Å². The number of fused-ring (bicyclic) bond motifs is 1. The molecule has 0 radical (unpaired) electrons. The van der Waals surface area contributed by atoms with Crippen molar-refractivity contribution in [2.45, 2.75) is 33.4 Å². The molecule has 0 fully saturated rings. The van der Waals surface area contributed by atoms with Gasteiger partial charge in [0.25, 0.3) is 0 Å². The number of aromatic nitrogens is 3. The fourth-order valence-corrected chi connectivity index (χ4v) is 3.17. The Hall–Kier alpha value is -3.41. The van der Waals surface area contributed by atoms with Gasteiger partial charge in [0.15, 0.2) is 0 Å². The Morgan fingerprint density at radius 3 is 2.61 bits per heavy atom. The first-order chi connectivity index (χ1) is 13.6. The molecule has 0 saturated carbocycles. The summed E-state index contributed by atoms with van der Waals surface area (Å²) in [5, 5.41) is 8.10. The van der Waals surface area contributed by atoms with Crippen LogP contribution in [0, 0.1) is 13.8 Å². The summed E-state index contributed by atoms with van der Waals surface area (Å²) >= 11 is 0. The van der Waals surface area contributed by atoms with E-state index in [1.807, 2.05) is 30.3 Å². The molecule has 0 aliphatic rings. The molecule has 4 rings (SSSR count). The van der Waals surface area contributed by atoms with Gasteiger partial charge in [-0.05, 0) is 48.2 Å². The van der Waals surface area contributed by atoms with E-state index in [1.165, 1.54) is 17.5 Å². The number of furan rings is 1. The van der Waals surface area contributed by atoms with Gasteiger partial charge in [-0.2, -0.15) is 5.10 Å². The molecule has 2 heterocycles. The van der Waals surface area contributed by atoms with Crippen molar-refractivity contribution >= 4 is 16.9 Å². The van der Waals surface area contributed by atoms with Crippen molar-refractivity contribution in [3.05, 3.63) is 83.1 Å². The van der Waals surface area contributed by atoms with Crippen LogP contribution in [-0.4, -0.2) is 20.7 Å². The number of carbonyl (C=O) groups is 1. The summed E-state index contributed by atoms with van der Waals surface area (Å²) in [6, 6.07) is 12.2. The standard InChI is InChI=1S/C22H22N4O2/c1-15-7-20-19(12-28-21(20)8-16(15)2)9-22(27)24-10-17-3-5-18(6-4-17)11-26-14-23-13-25-26/h3-8,12-14H,9-11H2,1-2H3,(H,24,27). The molecule has 0 atom stereocenters. The molecule has 0 aliphatic heterocycles. The number of hydrogen-bond donors (Lipinski definition) is 1. The molecule has 4 aromatic rings. The first-order valence-corrected chi connectivity index (χ1v) is 9.23. The summed E-state index contributed by atoms with van der Waals surface area (Å²) in [7, 11) is 0. The Morgan fingerprint density at radius 1 is 1.11 bits per heavy atom. The van der Waals surface area contributed by atoms with E-state index in [4.69, 9.17) is 4.42 Å². The van der Waals surface area contributed by atoms with Crippen molar-refractivity contribution in [3.8, 4) is 0 Å². The second kappa shape index (κ2) is 7.68. The summed E-state index contributed by atoms with van der Waals surface area (Å²) in [5.41, 5.74) is 6.31. The minimum atomic E-state index is -0.0207. The molecule has 6 heteroatoms. The largest absolute Gasteiger partial charge is 0.464 e. The van der Waals surface area contributed by atoms with Crippen LogP contribution >= 0.6 is 0 Å². The van der Waals surface area contributed by atoms with Gasteiger partial charge in [-0.15, -0.1) is 0 Å². The van der Waals surface area contributed by atoms with Crippen molar-refractivity contribution < 1.29 is 9.21 Å². The second-order valence-corrected chi connectivity index (χ2v) is 7.06. The highest BCUT2D eigenvalue weighted by atomic mass is 16.3. The fourth-order valence-electron chi connectivity index (χ4n) is 3.17. The van der Waals surface area contributed by atoms with Gasteiger partial charge >= 0.3 is 0 Å². The molecular formula is C22H22N4O2. The number of nitrogens with one attached hydrogen (secondary N) is 1. The molecule has 28 heavy (non-hydrogen) atoms. The maximum absolute atomic E-state index is 12.4. The van der Waals surface area contributed by atoms with Crippen molar-refractivity contribution in [3.63, 3.8) is 0 Å². The summed E-state index contributed by atoms with van der Waals surface area (Å²) in [6.07, 6.45) is 5.20. The van der Waals surface area contributed by atoms with Gasteiger partial charge in [0, 0.05) is 17.5 Å². The highest BCUT2D eigenvalue weighted by molar-refractivity contribution is 5.88. The fraction of sp³-hybridized carbons (Fsp3) is 0.227. The molecule has 0 unspecified atom stereocenters. The maximum atomic E-state index is 12.4. The van der Waals surface area contributed by atoms with Crippen LogP contribution in [-0.2, 0) is 24.3 Å². The van der Waals surface area contributed by atoms with E-state index in [0.717, 1.165) is 27.7 Å². The lowest BCUT2D eigenvalue weighted by atomic mass is 10.0. The van der Waals surface area contributed by atoms with E-state index >= 15 is 0 Å². The van der Waals surface area contributed by atoms with E-state index in [9.17, 15) is 4.79 Å². The molecule has 1 N–H and O–H groups in total. The van der Waals surface area contributed by atoms with Gasteiger partial charge < -0.3 is 9.73 Å². The summed E-state index contributed by atoms with van der Waals surface area (Å²) in [5.74, 6) is -0.0207. The Kier molecular flexibility index (Phi) is 4.93. The lowest BCUT2D eigenvalue weighted by molar-refractivity contribution is -0.120. The van der Waals surface area contributed by atoms with Gasteiger partial charge in [0.1, 0.15) is 18.2 Å². The molecule has 1 amide bonds. The molecule has 2 aromatic carbocycles. The van der Waals surface area contributed by atoms with Crippen LogP contribution in [0.1, 0.15) is 27.8 Å². The molecule has 2 aromatic heterocycles. The number of aryl methyl sites for hydroxylation is 2. The Balaban J connectivity index is 1.35. The quantitative estimate of drug-likeness (QED) is 0.560. The molecule has 6 nitrogen and oxygen atoms in total. The van der Waals surface area contributed by atoms with Crippen molar-refractivity contribution in [1.29, 1.82) is 0 Å². The number of rotatable bonds is 6. The van der Waals surface area contributed by atoms with Crippen molar-refractivity contribution in [1.82, 2.24) is 20.1 Å². The van der Waals surface area contributed by atoms with Crippen molar-refractivity contribution in [2.75, 3.05) is 0 Å². The summed E-state index contributed by atoms with van der Waals surface area (Å²) in [6.45, 7) is 5.30. The number of amides is 1. The second-order valence-electron chi connectivity index (χ2n) is 7.06. The van der Waals surface area contributed by atoms with Crippen LogP contribution in [0.3, 0.4) is 0 Å². The van der Waals surface area contributed by atoms with E-state index in [0.29, 0.717) is 19.5 Å². The highest BCUT2D eigenvalue weighted by Gasteiger charge is 2.11. The molecule has 0 spiro atoms. The molecule has 0 bridgehead atoms. The van der Waals surface area contributed by atoms with Crippen LogP contribution in [0.25, 0.3) is 11.0 Å². The average molecular weight is 374 g/mol. The number of hydrogen-bond acceptors (Lipinski definition) is 4. The van der Waals surface area contributed by atoms with Crippen LogP contribution < -0.4 is 5.32 Å². The Labute approximate surface area is 163 Å². The first-order valence-electron chi connectivity index (χ1n) is 9.23. The van der Waals surface area contributed by atoms with E-state index in [2.05, 4.69) is 35.3 Å². The minimum absolute atomic E-state index is 0.0207. The van der Waals surface area contributed by atoms with Gasteiger partial charge in [0.05, 0.1) is 19.2 Å². The lowest BCUT2D eigenvalue weighted by Crippen LogP contribution is -2.24. The zero-order chi connectivity index (χ0) is 19.5. The first kappa shape index (κ1) is 18.0. The van der Waals surface area contributed by atoms with Gasteiger partial charge in [-0.3, -0.25) is 4.79 Å². The van der Waals surface area contributed by atoms with Gasteiger partial charge in [-0.1, -0.05) is 24.3 Å². The number of nitrogens with zero attached hydrogens (tertiary/aromatic N) is 3. The van der Waals surface area contributed by atoms with Gasteiger partial charge in [-0.25, -0.2) is 9.67 Å². The normalized spacial score (nSPS) is 11.1. The summed E-state index contributed by atoms with van der Waals surface area (Å²) < 4.78 is 7.39. The molecular weight excluding hydrogens is 352 g/mol. The predicted octanol–water partition coefficient (Wildman–Crippen LogP) is 3.55. The molecule has 0 saturated heterocycles. The maximum Gasteiger partial charge on any atom is 0.224 e. The van der Waals surface area contributed by atoms with Crippen LogP contribution in [0.5, 0.6) is 0 Å². The van der Waals surface area contributed by atoms with Crippen molar-refractivity contribution in [2.24, 2.45) is 0 Å². The third-order valence-corrected chi connectivity index (χ3v) is 4.94. The third-order valence-electron chi connectivity index (χ3n) is 4.94. The third kappa shape index (κ3) is 3.96. The zero-order valence-electron chi connectivity index (χ0n) is 16.0. The summed E-state index contributed by atoms with van der Waals surface area (Å²) in [4.78, 5) is 16.3. The average Bonchev–Trinajstić information content (AvgIpc) is 3.32. The zero-order valence-corrected chi connectivity index (χ0v) is 16.0. The number of benzene rings is 2. The SMILES string of the molecule is Cc1cc2occ(CC(=O)NCc3ccc(Cn4cncn4)cc3)c2cc1C. The topological polar surface area (TPSA) is 73.0 Å². The number of carbonyl (C=O) groups excluding carboxylic acids is 1. The van der Waals surface area contributed by atoms with Crippen LogP contribution in [0.15, 0.2) is 59.7 Å². The van der Waals surface area contributed by atoms with E-state index < -0.39 is 0 Å². The molecule has 142 valence electrons. The van der Waals surface area contributed by atoms with E-state index in [1.54, 1.807) is 17.3 Å². The van der Waals surface area contributed by atoms with Gasteiger partial charge in [0.2, 0.25) is 5.91 Å². The monoisotopic (exact) mass is 374 g/mol. The Bertz CT molecular complexity index is 1100. The van der Waals surface area contributed by atoms with Crippen LogP contribution in [0.2, 0.25) is 0 Å². The highest BCUT2D eigenvalue weighted by Crippen LogP contribution is 2.25. The smallest absolute Gasteiger partial charge is 0.224 e. The van der Waals surface area contributed by atoms with Crippen LogP contribution in [0.4, 0.5) is 0 Å². The minimum Gasteiger partial charge on any atom is -0.464 e. The predicted molar refractivity (Wildman–Crippen MR) is 107 cm³/mol. The lowest BCUT2D eigenvalue weighted by Gasteiger charge is -2.07.